The second kappa shape index (κ2) is 10.1. The molecule has 1 aliphatic heterocycles. The van der Waals surface area contributed by atoms with Gasteiger partial charge >= 0.3 is 6.18 Å². The number of anilines is 1. The van der Waals surface area contributed by atoms with E-state index in [1.54, 1.807) is 19.1 Å². The molecule has 1 aromatic heterocycles. The number of alkyl halides is 3. The molecule has 192 valence electrons. The zero-order chi connectivity index (χ0) is 26.1. The van der Waals surface area contributed by atoms with Crippen molar-refractivity contribution in [3.63, 3.8) is 0 Å². The molecule has 12 heteroatoms. The molecule has 0 radical (unpaired) electrons. The fourth-order valence-electron chi connectivity index (χ4n) is 3.78. The van der Waals surface area contributed by atoms with Crippen molar-refractivity contribution < 1.29 is 31.1 Å². The Kier molecular flexibility index (Phi) is 7.24. The van der Waals surface area contributed by atoms with E-state index in [1.165, 1.54) is 45.5 Å². The Balaban J connectivity index is 1.74. The minimum Gasteiger partial charge on any atom is -0.489 e. The summed E-state index contributed by atoms with van der Waals surface area (Å²) >= 11 is 6.04. The van der Waals surface area contributed by atoms with Crippen molar-refractivity contribution in [1.29, 1.82) is 0 Å². The molecular weight excluding hydrogens is 519 g/mol. The van der Waals surface area contributed by atoms with Crippen molar-refractivity contribution in [1.82, 2.24) is 9.78 Å². The summed E-state index contributed by atoms with van der Waals surface area (Å²) in [5.41, 5.74) is -0.335. The molecule has 2 aromatic carbocycles. The molecular formula is C24H23ClF3N3O4S. The highest BCUT2D eigenvalue weighted by molar-refractivity contribution is 7.93. The van der Waals surface area contributed by atoms with E-state index in [2.05, 4.69) is 5.10 Å². The minimum absolute atomic E-state index is 0.00171. The Morgan fingerprint density at radius 3 is 2.67 bits per heavy atom. The normalized spacial score (nSPS) is 14.1. The van der Waals surface area contributed by atoms with Crippen LogP contribution >= 0.6 is 11.6 Å². The Bertz CT molecular complexity index is 1400. The molecule has 0 atom stereocenters. The molecule has 0 N–H and O–H groups in total. The zero-order valence-corrected chi connectivity index (χ0v) is 21.0. The number of benzene rings is 2. The van der Waals surface area contributed by atoms with E-state index in [4.69, 9.17) is 21.1 Å². The molecule has 0 saturated heterocycles. The summed E-state index contributed by atoms with van der Waals surface area (Å²) < 4.78 is 81.4. The molecule has 2 heterocycles. The van der Waals surface area contributed by atoms with Crippen molar-refractivity contribution in [2.45, 2.75) is 31.5 Å². The number of aryl methyl sites for hydroxylation is 1. The largest absolute Gasteiger partial charge is 0.489 e. The summed E-state index contributed by atoms with van der Waals surface area (Å²) in [4.78, 5) is -0.0779. The molecule has 0 amide bonds. The summed E-state index contributed by atoms with van der Waals surface area (Å²) in [6.07, 6.45) is -0.472. The van der Waals surface area contributed by atoms with Crippen molar-refractivity contribution in [3.05, 3.63) is 64.3 Å². The Morgan fingerprint density at radius 1 is 1.19 bits per heavy atom. The number of ether oxygens (including phenoxy) is 2. The maximum absolute atomic E-state index is 13.6. The van der Waals surface area contributed by atoms with Gasteiger partial charge < -0.3 is 9.47 Å². The second-order valence-electron chi connectivity index (χ2n) is 7.77. The summed E-state index contributed by atoms with van der Waals surface area (Å²) in [5, 5.41) is 4.14. The van der Waals surface area contributed by atoms with Gasteiger partial charge in [-0.2, -0.15) is 13.2 Å². The van der Waals surface area contributed by atoms with Crippen LogP contribution in [-0.4, -0.2) is 38.0 Å². The molecule has 3 aromatic rings. The Labute approximate surface area is 211 Å². The van der Waals surface area contributed by atoms with E-state index in [-0.39, 0.29) is 46.8 Å². The highest BCUT2D eigenvalue weighted by atomic mass is 35.5. The second-order valence-corrected chi connectivity index (χ2v) is 10.0. The smallest absolute Gasteiger partial charge is 0.417 e. The van der Waals surface area contributed by atoms with Crippen LogP contribution in [0.15, 0.2) is 47.5 Å². The van der Waals surface area contributed by atoms with E-state index in [0.717, 1.165) is 6.07 Å². The molecule has 0 bridgehead atoms. The number of fused-ring (bicyclic) bond motifs is 1. The molecule has 0 spiro atoms. The average molecular weight is 542 g/mol. The maximum Gasteiger partial charge on any atom is 0.417 e. The van der Waals surface area contributed by atoms with Crippen molar-refractivity contribution >= 4 is 39.5 Å². The Morgan fingerprint density at radius 2 is 1.97 bits per heavy atom. The Hall–Kier alpha value is -3.18. The van der Waals surface area contributed by atoms with Gasteiger partial charge in [0.1, 0.15) is 12.4 Å². The first-order chi connectivity index (χ1) is 17.1. The van der Waals surface area contributed by atoms with Gasteiger partial charge in [-0.15, -0.1) is 5.10 Å². The first kappa shape index (κ1) is 25.9. The summed E-state index contributed by atoms with van der Waals surface area (Å²) in [7, 11) is -4.08. The van der Waals surface area contributed by atoms with Crippen molar-refractivity contribution in [2.75, 3.05) is 24.1 Å². The van der Waals surface area contributed by atoms with Gasteiger partial charge in [0.15, 0.2) is 4.90 Å². The lowest BCUT2D eigenvalue weighted by molar-refractivity contribution is -0.137. The van der Waals surface area contributed by atoms with Gasteiger partial charge in [-0.3, -0.25) is 8.99 Å². The van der Waals surface area contributed by atoms with Crippen molar-refractivity contribution in [3.8, 4) is 11.6 Å². The van der Waals surface area contributed by atoms with Crippen LogP contribution in [0.4, 0.5) is 18.9 Å². The number of sulfonamides is 1. The fourth-order valence-corrected chi connectivity index (χ4v) is 5.54. The van der Waals surface area contributed by atoms with E-state index < -0.39 is 21.8 Å². The average Bonchev–Trinajstić information content (AvgIpc) is 3.26. The van der Waals surface area contributed by atoms with Crippen LogP contribution in [0.3, 0.4) is 0 Å². The fraction of sp³-hybridized carbons (Fsp3) is 0.292. The number of hydrogen-bond donors (Lipinski definition) is 0. The molecule has 36 heavy (non-hydrogen) atoms. The van der Waals surface area contributed by atoms with Crippen LogP contribution in [0.1, 0.15) is 30.5 Å². The van der Waals surface area contributed by atoms with E-state index in [9.17, 15) is 21.6 Å². The predicted octanol–water partition coefficient (Wildman–Crippen LogP) is 5.73. The monoisotopic (exact) mass is 541 g/mol. The van der Waals surface area contributed by atoms with Crippen LogP contribution < -0.4 is 13.8 Å². The van der Waals surface area contributed by atoms with Crippen LogP contribution in [0.2, 0.25) is 5.02 Å². The summed E-state index contributed by atoms with van der Waals surface area (Å²) in [6.45, 7) is 4.40. The van der Waals surface area contributed by atoms with Gasteiger partial charge in [-0.25, -0.2) is 8.42 Å². The highest BCUT2D eigenvalue weighted by Gasteiger charge is 2.35. The molecule has 7 nitrogen and oxygen atoms in total. The third-order valence-electron chi connectivity index (χ3n) is 5.47. The summed E-state index contributed by atoms with van der Waals surface area (Å²) in [5.74, 6) is 0.332. The molecule has 0 saturated carbocycles. The maximum atomic E-state index is 13.6. The van der Waals surface area contributed by atoms with Gasteiger partial charge in [-0.05, 0) is 43.7 Å². The number of nitrogens with zero attached hydrogens (tertiary/aromatic N) is 3. The van der Waals surface area contributed by atoms with E-state index in [0.29, 0.717) is 17.9 Å². The zero-order valence-electron chi connectivity index (χ0n) is 19.4. The van der Waals surface area contributed by atoms with Crippen LogP contribution in [-0.2, 0) is 22.7 Å². The predicted molar refractivity (Wildman–Crippen MR) is 131 cm³/mol. The lowest BCUT2D eigenvalue weighted by atomic mass is 10.0. The van der Waals surface area contributed by atoms with Crippen LogP contribution in [0.25, 0.3) is 12.2 Å². The van der Waals surface area contributed by atoms with Gasteiger partial charge in [-0.1, -0.05) is 35.9 Å². The van der Waals surface area contributed by atoms with Gasteiger partial charge in [0.05, 0.1) is 24.4 Å². The standard InChI is InChI=1S/C24H23ClF3N3O4S/c1-3-30-15-22(23(29-30)34-4-2)36(32,33)31-12-13-35-21-11-9-16(14-20(21)31)8-10-17-18(24(26,27)28)6-5-7-19(17)25/h5-11,14-15H,3-4,12-13H2,1-2H3/b10-8+. The lowest BCUT2D eigenvalue weighted by Gasteiger charge is -2.30. The molecule has 0 unspecified atom stereocenters. The van der Waals surface area contributed by atoms with E-state index in [1.807, 2.05) is 6.92 Å². The highest BCUT2D eigenvalue weighted by Crippen LogP contribution is 2.39. The number of hydrogen-bond acceptors (Lipinski definition) is 5. The quantitative estimate of drug-likeness (QED) is 0.357. The molecule has 1 aliphatic rings. The van der Waals surface area contributed by atoms with Crippen LogP contribution in [0.5, 0.6) is 11.6 Å². The molecule has 4 rings (SSSR count). The number of rotatable bonds is 7. The molecule has 0 fully saturated rings. The van der Waals surface area contributed by atoms with Gasteiger partial charge in [0, 0.05) is 23.3 Å². The first-order valence-corrected chi connectivity index (χ1v) is 12.9. The number of aromatic nitrogens is 2. The lowest BCUT2D eigenvalue weighted by Crippen LogP contribution is -2.38. The van der Waals surface area contributed by atoms with E-state index >= 15 is 0 Å². The van der Waals surface area contributed by atoms with Gasteiger partial charge in [0.25, 0.3) is 15.9 Å². The van der Waals surface area contributed by atoms with Gasteiger partial charge in [0.2, 0.25) is 0 Å². The third-order valence-corrected chi connectivity index (χ3v) is 7.60. The topological polar surface area (TPSA) is 73.7 Å². The third kappa shape index (κ3) is 5.03. The minimum atomic E-state index is -4.58. The molecule has 0 aliphatic carbocycles. The van der Waals surface area contributed by atoms with Crippen LogP contribution in [0, 0.1) is 0 Å². The number of halogens is 4. The summed E-state index contributed by atoms with van der Waals surface area (Å²) in [6, 6.07) is 8.30. The van der Waals surface area contributed by atoms with Crippen molar-refractivity contribution in [2.24, 2.45) is 0 Å². The first-order valence-electron chi connectivity index (χ1n) is 11.1. The SMILES string of the molecule is CCOc1nn(CC)cc1S(=O)(=O)N1CCOc2ccc(/C=C/c3c(Cl)cccc3C(F)(F)F)cc21.